The zero-order valence-electron chi connectivity index (χ0n) is 18.6. The summed E-state index contributed by atoms with van der Waals surface area (Å²) >= 11 is 6.03. The molecule has 7 nitrogen and oxygen atoms in total. The summed E-state index contributed by atoms with van der Waals surface area (Å²) in [5.74, 6) is -0.302. The highest BCUT2D eigenvalue weighted by Crippen LogP contribution is 2.25. The summed E-state index contributed by atoms with van der Waals surface area (Å²) in [5.41, 5.74) is 5.18. The average molecular weight is 475 g/mol. The Labute approximate surface area is 201 Å². The van der Waals surface area contributed by atoms with Gasteiger partial charge >= 0.3 is 0 Å². The molecule has 172 valence electrons. The Balaban J connectivity index is 1.34. The third-order valence-corrected chi connectivity index (χ3v) is 6.48. The summed E-state index contributed by atoms with van der Waals surface area (Å²) < 4.78 is 1.73. The SMILES string of the molecule is Cn1cc2cc(C(=O)N3CCc4ccc(C(=O)Nc5ccc(Cl)c(CO)c5)cc4C3)ccc2n1. The Morgan fingerprint density at radius 1 is 1.06 bits per heavy atom. The van der Waals surface area contributed by atoms with E-state index in [4.69, 9.17) is 11.6 Å². The van der Waals surface area contributed by atoms with Gasteiger partial charge in [0.25, 0.3) is 11.8 Å². The number of carbonyl (C=O) groups is 2. The summed E-state index contributed by atoms with van der Waals surface area (Å²) in [6.45, 7) is 0.853. The van der Waals surface area contributed by atoms with Crippen LogP contribution in [0, 0.1) is 0 Å². The number of aliphatic hydroxyl groups is 1. The molecule has 2 amide bonds. The van der Waals surface area contributed by atoms with Gasteiger partial charge in [0.05, 0.1) is 12.1 Å². The number of nitrogens with one attached hydrogen (secondary N) is 1. The van der Waals surface area contributed by atoms with Gasteiger partial charge in [0.1, 0.15) is 0 Å². The first-order valence-corrected chi connectivity index (χ1v) is 11.3. The van der Waals surface area contributed by atoms with E-state index < -0.39 is 0 Å². The van der Waals surface area contributed by atoms with Crippen molar-refractivity contribution in [1.29, 1.82) is 0 Å². The van der Waals surface area contributed by atoms with Crippen LogP contribution in [0.2, 0.25) is 5.02 Å². The molecule has 2 N–H and O–H groups in total. The van der Waals surface area contributed by atoms with Crippen molar-refractivity contribution in [3.63, 3.8) is 0 Å². The number of carbonyl (C=O) groups excluding carboxylic acids is 2. The monoisotopic (exact) mass is 474 g/mol. The van der Waals surface area contributed by atoms with Gasteiger partial charge in [-0.15, -0.1) is 0 Å². The minimum absolute atomic E-state index is 0.0380. The number of anilines is 1. The highest BCUT2D eigenvalue weighted by Gasteiger charge is 2.23. The maximum atomic E-state index is 13.2. The third kappa shape index (κ3) is 4.27. The lowest BCUT2D eigenvalue weighted by molar-refractivity contribution is 0.0735. The zero-order chi connectivity index (χ0) is 23.8. The smallest absolute Gasteiger partial charge is 0.255 e. The summed E-state index contributed by atoms with van der Waals surface area (Å²) in [7, 11) is 1.86. The molecule has 1 aliphatic rings. The van der Waals surface area contributed by atoms with Crippen LogP contribution in [0.5, 0.6) is 0 Å². The molecule has 5 rings (SSSR count). The number of amides is 2. The number of aliphatic hydroxyl groups excluding tert-OH is 1. The van der Waals surface area contributed by atoms with Crippen molar-refractivity contribution in [3.05, 3.63) is 93.6 Å². The molecule has 34 heavy (non-hydrogen) atoms. The second-order valence-corrected chi connectivity index (χ2v) is 8.86. The van der Waals surface area contributed by atoms with E-state index in [1.54, 1.807) is 28.9 Å². The Morgan fingerprint density at radius 3 is 2.71 bits per heavy atom. The standard InChI is InChI=1S/C26H23ClN4O3/c1-30-13-20-11-18(4-7-24(20)29-30)26(34)31-9-8-16-2-3-17(10-19(16)14-31)25(33)28-22-5-6-23(27)21(12-22)15-32/h2-7,10-13,32H,8-9,14-15H2,1H3,(H,28,33). The average Bonchev–Trinajstić information content (AvgIpc) is 3.23. The second kappa shape index (κ2) is 8.93. The van der Waals surface area contributed by atoms with Crippen LogP contribution in [0.3, 0.4) is 0 Å². The van der Waals surface area contributed by atoms with Crippen molar-refractivity contribution in [2.24, 2.45) is 7.05 Å². The van der Waals surface area contributed by atoms with Crippen LogP contribution in [0.15, 0.2) is 60.8 Å². The lowest BCUT2D eigenvalue weighted by atomic mass is 9.96. The molecular formula is C26H23ClN4O3. The van der Waals surface area contributed by atoms with Crippen LogP contribution in [-0.4, -0.2) is 38.1 Å². The van der Waals surface area contributed by atoms with Crippen molar-refractivity contribution >= 4 is 40.0 Å². The first-order chi connectivity index (χ1) is 16.4. The van der Waals surface area contributed by atoms with E-state index in [0.29, 0.717) is 40.5 Å². The number of hydrogen-bond acceptors (Lipinski definition) is 4. The molecule has 3 aromatic carbocycles. The minimum atomic E-state index is -0.264. The number of nitrogens with zero attached hydrogens (tertiary/aromatic N) is 3. The Kier molecular flexibility index (Phi) is 5.81. The predicted octanol–water partition coefficient (Wildman–Crippen LogP) is 4.17. The number of aromatic nitrogens is 2. The molecule has 8 heteroatoms. The van der Waals surface area contributed by atoms with E-state index in [2.05, 4.69) is 10.4 Å². The summed E-state index contributed by atoms with van der Waals surface area (Å²) in [6, 6.07) is 16.1. The molecule has 2 heterocycles. The van der Waals surface area contributed by atoms with Gasteiger partial charge in [-0.05, 0) is 71.6 Å². The fraction of sp³-hybridized carbons (Fsp3) is 0.192. The first-order valence-electron chi connectivity index (χ1n) is 11.0. The number of hydrogen-bond donors (Lipinski definition) is 2. The molecule has 0 aliphatic carbocycles. The number of halogens is 1. The van der Waals surface area contributed by atoms with Gasteiger partial charge in [-0.25, -0.2) is 0 Å². The van der Waals surface area contributed by atoms with E-state index in [1.807, 2.05) is 48.5 Å². The van der Waals surface area contributed by atoms with Gasteiger partial charge < -0.3 is 15.3 Å². The number of aryl methyl sites for hydroxylation is 1. The Morgan fingerprint density at radius 2 is 1.88 bits per heavy atom. The molecule has 0 unspecified atom stereocenters. The third-order valence-electron chi connectivity index (χ3n) is 6.11. The number of fused-ring (bicyclic) bond motifs is 2. The molecule has 0 fully saturated rings. The van der Waals surface area contributed by atoms with E-state index in [0.717, 1.165) is 28.5 Å². The number of benzene rings is 3. The van der Waals surface area contributed by atoms with Crippen LogP contribution in [-0.2, 0) is 26.6 Å². The lowest BCUT2D eigenvalue weighted by Crippen LogP contribution is -2.36. The fourth-order valence-electron chi connectivity index (χ4n) is 4.31. The largest absolute Gasteiger partial charge is 0.392 e. The van der Waals surface area contributed by atoms with Crippen LogP contribution < -0.4 is 5.32 Å². The van der Waals surface area contributed by atoms with Crippen LogP contribution >= 0.6 is 11.6 Å². The van der Waals surface area contributed by atoms with Gasteiger partial charge in [0.15, 0.2) is 0 Å². The van der Waals surface area contributed by atoms with Crippen LogP contribution in [0.1, 0.15) is 37.4 Å². The first kappa shape index (κ1) is 22.1. The molecule has 0 saturated carbocycles. The summed E-state index contributed by atoms with van der Waals surface area (Å²) in [5, 5.41) is 18.0. The van der Waals surface area contributed by atoms with Crippen molar-refractivity contribution in [3.8, 4) is 0 Å². The van der Waals surface area contributed by atoms with E-state index in [9.17, 15) is 14.7 Å². The normalized spacial score (nSPS) is 13.1. The molecule has 4 aromatic rings. The van der Waals surface area contributed by atoms with E-state index >= 15 is 0 Å². The molecule has 0 spiro atoms. The van der Waals surface area contributed by atoms with Crippen molar-refractivity contribution in [2.75, 3.05) is 11.9 Å². The molecular weight excluding hydrogens is 452 g/mol. The quantitative estimate of drug-likeness (QED) is 0.464. The molecule has 1 aromatic heterocycles. The van der Waals surface area contributed by atoms with Gasteiger partial charge in [0.2, 0.25) is 0 Å². The Hall–Kier alpha value is -3.68. The maximum Gasteiger partial charge on any atom is 0.255 e. The molecule has 0 atom stereocenters. The van der Waals surface area contributed by atoms with Crippen molar-refractivity contribution < 1.29 is 14.7 Å². The molecule has 0 radical (unpaired) electrons. The summed E-state index contributed by atoms with van der Waals surface area (Å²) in [6.07, 6.45) is 2.63. The summed E-state index contributed by atoms with van der Waals surface area (Å²) in [4.78, 5) is 27.9. The van der Waals surface area contributed by atoms with Gasteiger partial charge in [-0.2, -0.15) is 5.10 Å². The zero-order valence-corrected chi connectivity index (χ0v) is 19.3. The minimum Gasteiger partial charge on any atom is -0.392 e. The van der Waals surface area contributed by atoms with Gasteiger partial charge in [0, 0.05) is 53.6 Å². The van der Waals surface area contributed by atoms with Crippen LogP contribution in [0.25, 0.3) is 10.9 Å². The molecule has 0 bridgehead atoms. The fourth-order valence-corrected chi connectivity index (χ4v) is 4.49. The predicted molar refractivity (Wildman–Crippen MR) is 131 cm³/mol. The topological polar surface area (TPSA) is 87.5 Å². The van der Waals surface area contributed by atoms with Crippen molar-refractivity contribution in [1.82, 2.24) is 14.7 Å². The highest BCUT2D eigenvalue weighted by atomic mass is 35.5. The maximum absolute atomic E-state index is 13.2. The van der Waals surface area contributed by atoms with E-state index in [1.165, 1.54) is 0 Å². The molecule has 1 aliphatic heterocycles. The number of rotatable bonds is 4. The molecule has 0 saturated heterocycles. The van der Waals surface area contributed by atoms with Crippen molar-refractivity contribution in [2.45, 2.75) is 19.6 Å². The van der Waals surface area contributed by atoms with Crippen LogP contribution in [0.4, 0.5) is 5.69 Å². The van der Waals surface area contributed by atoms with E-state index in [-0.39, 0.29) is 18.4 Å². The highest BCUT2D eigenvalue weighted by molar-refractivity contribution is 6.31. The van der Waals surface area contributed by atoms with Gasteiger partial charge in [-0.3, -0.25) is 14.3 Å². The van der Waals surface area contributed by atoms with Gasteiger partial charge in [-0.1, -0.05) is 17.7 Å². The Bertz CT molecular complexity index is 1430. The lowest BCUT2D eigenvalue weighted by Gasteiger charge is -2.29. The second-order valence-electron chi connectivity index (χ2n) is 8.45.